The molecule has 2 amide bonds. The molecule has 0 bridgehead atoms. The number of pyridine rings is 3. The van der Waals surface area contributed by atoms with E-state index in [1.54, 1.807) is 55.2 Å². The Labute approximate surface area is 241 Å². The Bertz CT molecular complexity index is 1740. The standard InChI is InChI=1S/C33H27N5O4/c39-31-30(17-23(19-36-31)22-11-14-34-15-12-22)37-32(40)29(16-21-6-5-13-35-18-21)38-33(41)42-20-28-26-9-3-1-7-24(26)25-8-2-4-10-27(25)28/h1-15,17-19,28-29H,16,20H2,(H,36,39)(H,37,40)(H,38,41)/t29-/m0/s1. The maximum absolute atomic E-state index is 13.5. The molecule has 1 aliphatic carbocycles. The lowest BCUT2D eigenvalue weighted by molar-refractivity contribution is -0.118. The van der Waals surface area contributed by atoms with E-state index in [9.17, 15) is 14.4 Å². The van der Waals surface area contributed by atoms with E-state index in [0.717, 1.165) is 33.4 Å². The van der Waals surface area contributed by atoms with E-state index < -0.39 is 23.6 Å². The molecule has 6 rings (SSSR count). The van der Waals surface area contributed by atoms with Crippen molar-refractivity contribution in [2.24, 2.45) is 0 Å². The van der Waals surface area contributed by atoms with E-state index in [-0.39, 0.29) is 24.6 Å². The fourth-order valence-electron chi connectivity index (χ4n) is 5.25. The number of hydrogen-bond acceptors (Lipinski definition) is 6. The van der Waals surface area contributed by atoms with Gasteiger partial charge in [-0.15, -0.1) is 0 Å². The molecule has 208 valence electrons. The van der Waals surface area contributed by atoms with Crippen LogP contribution in [0.2, 0.25) is 0 Å². The molecule has 3 heterocycles. The molecule has 0 aliphatic heterocycles. The maximum Gasteiger partial charge on any atom is 0.407 e. The number of aromatic amines is 1. The number of nitrogens with zero attached hydrogens (tertiary/aromatic N) is 2. The minimum absolute atomic E-state index is 0.0554. The third-order valence-electron chi connectivity index (χ3n) is 7.29. The van der Waals surface area contributed by atoms with Crippen LogP contribution < -0.4 is 16.2 Å². The Morgan fingerprint density at radius 3 is 2.26 bits per heavy atom. The second-order valence-electron chi connectivity index (χ2n) is 9.94. The number of anilines is 1. The minimum atomic E-state index is -1.03. The van der Waals surface area contributed by atoms with Gasteiger partial charge in [0.15, 0.2) is 0 Å². The Morgan fingerprint density at radius 2 is 1.57 bits per heavy atom. The number of amides is 2. The number of carbonyl (C=O) groups excluding carboxylic acids is 2. The van der Waals surface area contributed by atoms with Gasteiger partial charge in [0, 0.05) is 48.9 Å². The number of hydrogen-bond donors (Lipinski definition) is 3. The number of ether oxygens (including phenoxy) is 1. The highest BCUT2D eigenvalue weighted by atomic mass is 16.5. The van der Waals surface area contributed by atoms with Crippen molar-refractivity contribution in [2.75, 3.05) is 11.9 Å². The van der Waals surface area contributed by atoms with Crippen molar-refractivity contribution in [1.29, 1.82) is 0 Å². The van der Waals surface area contributed by atoms with Crippen molar-refractivity contribution in [2.45, 2.75) is 18.4 Å². The van der Waals surface area contributed by atoms with Gasteiger partial charge in [-0.3, -0.25) is 19.6 Å². The van der Waals surface area contributed by atoms with Gasteiger partial charge in [0.05, 0.1) is 0 Å². The summed E-state index contributed by atoms with van der Waals surface area (Å²) in [5.41, 5.74) is 6.25. The first-order chi connectivity index (χ1) is 20.6. The predicted octanol–water partition coefficient (Wildman–Crippen LogP) is 4.92. The third kappa shape index (κ3) is 5.66. The molecule has 0 radical (unpaired) electrons. The van der Waals surface area contributed by atoms with Crippen molar-refractivity contribution in [3.63, 3.8) is 0 Å². The first-order valence-corrected chi connectivity index (χ1v) is 13.5. The Hall–Kier alpha value is -5.57. The number of rotatable bonds is 8. The molecule has 0 spiro atoms. The highest BCUT2D eigenvalue weighted by molar-refractivity contribution is 5.97. The molecule has 3 N–H and O–H groups in total. The van der Waals surface area contributed by atoms with Crippen molar-refractivity contribution >= 4 is 17.7 Å². The van der Waals surface area contributed by atoms with Crippen LogP contribution in [-0.4, -0.2) is 39.6 Å². The number of fused-ring (bicyclic) bond motifs is 3. The molecule has 5 aromatic rings. The van der Waals surface area contributed by atoms with Gasteiger partial charge in [-0.05, 0) is 57.6 Å². The lowest BCUT2D eigenvalue weighted by atomic mass is 9.98. The molecule has 0 unspecified atom stereocenters. The van der Waals surface area contributed by atoms with Crippen LogP contribution in [0.1, 0.15) is 22.6 Å². The van der Waals surface area contributed by atoms with E-state index in [0.29, 0.717) is 5.56 Å². The number of H-pyrrole nitrogens is 1. The minimum Gasteiger partial charge on any atom is -0.449 e. The summed E-state index contributed by atoms with van der Waals surface area (Å²) in [5, 5.41) is 5.38. The molecule has 1 aliphatic rings. The van der Waals surface area contributed by atoms with Crippen LogP contribution in [0.25, 0.3) is 22.3 Å². The molecule has 3 aromatic heterocycles. The summed E-state index contributed by atoms with van der Waals surface area (Å²) in [6.07, 6.45) is 7.50. The molecule has 0 saturated heterocycles. The van der Waals surface area contributed by atoms with E-state index in [4.69, 9.17) is 4.74 Å². The lowest BCUT2D eigenvalue weighted by Crippen LogP contribution is -2.46. The highest BCUT2D eigenvalue weighted by Crippen LogP contribution is 2.44. The van der Waals surface area contributed by atoms with E-state index >= 15 is 0 Å². The van der Waals surface area contributed by atoms with Crippen LogP contribution in [0.4, 0.5) is 10.5 Å². The number of benzene rings is 2. The largest absolute Gasteiger partial charge is 0.449 e. The van der Waals surface area contributed by atoms with Crippen molar-refractivity contribution < 1.29 is 14.3 Å². The van der Waals surface area contributed by atoms with Crippen LogP contribution in [0.5, 0.6) is 0 Å². The molecule has 42 heavy (non-hydrogen) atoms. The first kappa shape index (κ1) is 26.6. The second kappa shape index (κ2) is 11.9. The molecule has 9 heteroatoms. The van der Waals surface area contributed by atoms with Gasteiger partial charge in [0.2, 0.25) is 5.91 Å². The smallest absolute Gasteiger partial charge is 0.407 e. The lowest BCUT2D eigenvalue weighted by Gasteiger charge is -2.20. The molecule has 0 saturated carbocycles. The molecule has 0 fully saturated rings. The molecular weight excluding hydrogens is 530 g/mol. The zero-order chi connectivity index (χ0) is 28.9. The maximum atomic E-state index is 13.5. The summed E-state index contributed by atoms with van der Waals surface area (Å²) in [4.78, 5) is 49.9. The summed E-state index contributed by atoms with van der Waals surface area (Å²) < 4.78 is 5.69. The van der Waals surface area contributed by atoms with Gasteiger partial charge in [-0.2, -0.15) is 0 Å². The zero-order valence-corrected chi connectivity index (χ0v) is 22.5. The predicted molar refractivity (Wildman–Crippen MR) is 159 cm³/mol. The van der Waals surface area contributed by atoms with E-state index in [1.165, 1.54) is 0 Å². The third-order valence-corrected chi connectivity index (χ3v) is 7.29. The second-order valence-corrected chi connectivity index (χ2v) is 9.94. The molecule has 1 atom stereocenters. The summed E-state index contributed by atoms with van der Waals surface area (Å²) in [6.45, 7) is 0.106. The summed E-state index contributed by atoms with van der Waals surface area (Å²) in [6, 6.07) is 23.8. The number of carbonyl (C=O) groups is 2. The fourth-order valence-corrected chi connectivity index (χ4v) is 5.25. The monoisotopic (exact) mass is 557 g/mol. The quantitative estimate of drug-likeness (QED) is 0.249. The van der Waals surface area contributed by atoms with Crippen LogP contribution in [0.3, 0.4) is 0 Å². The Kier molecular flexibility index (Phi) is 7.54. The molecular formula is C33H27N5O4. The fraction of sp³-hybridized carbons (Fsp3) is 0.121. The average Bonchev–Trinajstić information content (AvgIpc) is 3.35. The summed E-state index contributed by atoms with van der Waals surface area (Å²) in [7, 11) is 0. The topological polar surface area (TPSA) is 126 Å². The summed E-state index contributed by atoms with van der Waals surface area (Å²) >= 11 is 0. The van der Waals surface area contributed by atoms with Gasteiger partial charge in [0.1, 0.15) is 18.3 Å². The normalized spacial score (nSPS) is 12.6. The van der Waals surface area contributed by atoms with Crippen LogP contribution in [-0.2, 0) is 16.0 Å². The van der Waals surface area contributed by atoms with Gasteiger partial charge in [-0.25, -0.2) is 4.79 Å². The van der Waals surface area contributed by atoms with E-state index in [2.05, 4.69) is 37.7 Å². The van der Waals surface area contributed by atoms with Gasteiger partial charge in [-0.1, -0.05) is 54.6 Å². The van der Waals surface area contributed by atoms with Gasteiger partial charge < -0.3 is 20.4 Å². The van der Waals surface area contributed by atoms with E-state index in [1.807, 2.05) is 42.5 Å². The summed E-state index contributed by atoms with van der Waals surface area (Å²) in [5.74, 6) is -0.687. The van der Waals surface area contributed by atoms with Gasteiger partial charge >= 0.3 is 6.09 Å². The number of alkyl carbamates (subject to hydrolysis) is 1. The Balaban J connectivity index is 1.19. The zero-order valence-electron chi connectivity index (χ0n) is 22.5. The van der Waals surface area contributed by atoms with Crippen molar-refractivity contribution in [3.05, 3.63) is 137 Å². The van der Waals surface area contributed by atoms with Crippen molar-refractivity contribution in [3.8, 4) is 22.3 Å². The first-order valence-electron chi connectivity index (χ1n) is 13.5. The molecule has 2 aromatic carbocycles. The van der Waals surface area contributed by atoms with Crippen LogP contribution >= 0.6 is 0 Å². The van der Waals surface area contributed by atoms with Crippen LogP contribution in [0.15, 0.2) is 115 Å². The Morgan fingerprint density at radius 1 is 0.857 bits per heavy atom. The van der Waals surface area contributed by atoms with Crippen molar-refractivity contribution in [1.82, 2.24) is 20.3 Å². The average molecular weight is 558 g/mol. The SMILES string of the molecule is O=C(N[C@@H](Cc1cccnc1)C(=O)Nc1cc(-c2ccncc2)c[nH]c1=O)OCC1c2ccccc2-c2ccccc21. The number of aromatic nitrogens is 3. The molecule has 9 nitrogen and oxygen atoms in total. The number of nitrogens with one attached hydrogen (secondary N) is 3. The van der Waals surface area contributed by atoms with Crippen LogP contribution in [0, 0.1) is 0 Å². The highest BCUT2D eigenvalue weighted by Gasteiger charge is 2.30. The van der Waals surface area contributed by atoms with Gasteiger partial charge in [0.25, 0.3) is 5.56 Å².